The molecule has 0 aliphatic carbocycles. The zero-order valence-electron chi connectivity index (χ0n) is 14.6. The molecule has 7 heteroatoms. The summed E-state index contributed by atoms with van der Waals surface area (Å²) in [6, 6.07) is 10.1. The number of hydrogen-bond donors (Lipinski definition) is 1. The van der Waals surface area contributed by atoms with Crippen molar-refractivity contribution in [3.8, 4) is 11.3 Å². The number of aryl methyl sites for hydroxylation is 2. The number of rotatable bonds is 5. The fourth-order valence-electron chi connectivity index (χ4n) is 3.56. The van der Waals surface area contributed by atoms with E-state index < -0.39 is 5.97 Å². The van der Waals surface area contributed by atoms with Gasteiger partial charge in [-0.15, -0.1) is 0 Å². The number of anilines is 1. The van der Waals surface area contributed by atoms with Crippen LogP contribution in [-0.2, 0) is 23.2 Å². The summed E-state index contributed by atoms with van der Waals surface area (Å²) in [6.45, 7) is 0.945. The standard InChI is InChI=1S/C19H20N4O3/c1-21-12-14(13-5-2-3-6-16(13)21)15-11-17-22(9-4-7-19(25)26)18(24)8-10-23(17)20-15/h2-3,5-6,11-12H,4,7-10H2,1H3,(H,25,26). The first kappa shape index (κ1) is 16.4. The van der Waals surface area contributed by atoms with Crippen LogP contribution in [0, 0.1) is 0 Å². The zero-order valence-corrected chi connectivity index (χ0v) is 14.6. The molecule has 0 saturated carbocycles. The molecule has 1 N–H and O–H groups in total. The van der Waals surface area contributed by atoms with Gasteiger partial charge in [-0.3, -0.25) is 14.5 Å². The number of carbonyl (C=O) groups is 2. The van der Waals surface area contributed by atoms with E-state index >= 15 is 0 Å². The third-order valence-corrected chi connectivity index (χ3v) is 4.82. The molecule has 3 heterocycles. The first-order valence-corrected chi connectivity index (χ1v) is 8.69. The van der Waals surface area contributed by atoms with Crippen LogP contribution in [-0.4, -0.2) is 37.9 Å². The molecule has 7 nitrogen and oxygen atoms in total. The van der Waals surface area contributed by atoms with Crippen LogP contribution in [0.25, 0.3) is 22.2 Å². The fourth-order valence-corrected chi connectivity index (χ4v) is 3.56. The second-order valence-electron chi connectivity index (χ2n) is 6.57. The maximum Gasteiger partial charge on any atom is 0.303 e. The Hall–Kier alpha value is -3.09. The predicted molar refractivity (Wildman–Crippen MR) is 98.0 cm³/mol. The van der Waals surface area contributed by atoms with E-state index in [0.717, 1.165) is 28.0 Å². The molecule has 0 fully saturated rings. The molecular weight excluding hydrogens is 332 g/mol. The topological polar surface area (TPSA) is 80.4 Å². The summed E-state index contributed by atoms with van der Waals surface area (Å²) >= 11 is 0. The molecule has 0 atom stereocenters. The van der Waals surface area contributed by atoms with Crippen molar-refractivity contribution in [3.05, 3.63) is 36.5 Å². The number of carboxylic acids is 1. The third kappa shape index (κ3) is 2.75. The van der Waals surface area contributed by atoms with E-state index in [1.54, 1.807) is 4.90 Å². The zero-order chi connectivity index (χ0) is 18.3. The van der Waals surface area contributed by atoms with Crippen molar-refractivity contribution in [1.82, 2.24) is 14.3 Å². The van der Waals surface area contributed by atoms with Gasteiger partial charge in [0, 0.05) is 55.2 Å². The number of fused-ring (bicyclic) bond motifs is 2. The summed E-state index contributed by atoms with van der Waals surface area (Å²) < 4.78 is 3.91. The molecule has 1 aliphatic rings. The lowest BCUT2D eigenvalue weighted by molar-refractivity contribution is -0.137. The fraction of sp³-hybridized carbons (Fsp3) is 0.316. The Morgan fingerprint density at radius 3 is 2.92 bits per heavy atom. The minimum absolute atomic E-state index is 0.0206. The lowest BCUT2D eigenvalue weighted by atomic mass is 10.1. The molecule has 134 valence electrons. The summed E-state index contributed by atoms with van der Waals surface area (Å²) in [5.41, 5.74) is 2.99. The molecule has 0 saturated heterocycles. The molecular formula is C19H20N4O3. The second-order valence-corrected chi connectivity index (χ2v) is 6.57. The number of benzene rings is 1. The minimum Gasteiger partial charge on any atom is -0.481 e. The van der Waals surface area contributed by atoms with Crippen molar-refractivity contribution >= 4 is 28.6 Å². The molecule has 1 aliphatic heterocycles. The van der Waals surface area contributed by atoms with Crippen LogP contribution in [0.3, 0.4) is 0 Å². The van der Waals surface area contributed by atoms with Crippen molar-refractivity contribution < 1.29 is 14.7 Å². The first-order chi connectivity index (χ1) is 12.5. The highest BCUT2D eigenvalue weighted by atomic mass is 16.4. The average Bonchev–Trinajstić information content (AvgIpc) is 3.18. The van der Waals surface area contributed by atoms with Crippen LogP contribution in [0.2, 0.25) is 0 Å². The number of hydrogen-bond acceptors (Lipinski definition) is 3. The number of nitrogens with zero attached hydrogens (tertiary/aromatic N) is 4. The Morgan fingerprint density at radius 1 is 1.31 bits per heavy atom. The number of carboxylic acid groups (broad SMARTS) is 1. The summed E-state index contributed by atoms with van der Waals surface area (Å²) in [5.74, 6) is -0.0822. The maximum absolute atomic E-state index is 12.3. The van der Waals surface area contributed by atoms with Gasteiger partial charge in [0.2, 0.25) is 5.91 Å². The summed E-state index contributed by atoms with van der Waals surface area (Å²) in [6.07, 6.45) is 2.91. The molecule has 0 radical (unpaired) electrons. The van der Waals surface area contributed by atoms with Crippen molar-refractivity contribution in [1.29, 1.82) is 0 Å². The predicted octanol–water partition coefficient (Wildman–Crippen LogP) is 2.64. The third-order valence-electron chi connectivity index (χ3n) is 4.82. The average molecular weight is 352 g/mol. The van der Waals surface area contributed by atoms with E-state index in [2.05, 4.69) is 22.9 Å². The van der Waals surface area contributed by atoms with E-state index in [-0.39, 0.29) is 12.3 Å². The molecule has 1 amide bonds. The number of aliphatic carboxylic acids is 1. The van der Waals surface area contributed by atoms with E-state index in [4.69, 9.17) is 10.2 Å². The monoisotopic (exact) mass is 352 g/mol. The van der Waals surface area contributed by atoms with Gasteiger partial charge in [0.15, 0.2) is 0 Å². The van der Waals surface area contributed by atoms with Gasteiger partial charge in [0.1, 0.15) is 5.82 Å². The van der Waals surface area contributed by atoms with E-state index in [1.165, 1.54) is 0 Å². The van der Waals surface area contributed by atoms with Gasteiger partial charge >= 0.3 is 5.97 Å². The van der Waals surface area contributed by atoms with Crippen LogP contribution >= 0.6 is 0 Å². The number of amides is 1. The van der Waals surface area contributed by atoms with E-state index in [9.17, 15) is 9.59 Å². The quantitative estimate of drug-likeness (QED) is 0.765. The lowest BCUT2D eigenvalue weighted by Crippen LogP contribution is -2.38. The lowest BCUT2D eigenvalue weighted by Gasteiger charge is -2.27. The van der Waals surface area contributed by atoms with Crippen LogP contribution in [0.15, 0.2) is 36.5 Å². The second kappa shape index (κ2) is 6.33. The molecule has 3 aromatic rings. The Balaban J connectivity index is 1.70. The molecule has 2 aromatic heterocycles. The van der Waals surface area contributed by atoms with Crippen LogP contribution in [0.1, 0.15) is 19.3 Å². The van der Waals surface area contributed by atoms with Crippen molar-refractivity contribution in [2.45, 2.75) is 25.8 Å². The van der Waals surface area contributed by atoms with Crippen molar-refractivity contribution in [2.24, 2.45) is 7.05 Å². The largest absolute Gasteiger partial charge is 0.481 e. The van der Waals surface area contributed by atoms with Gasteiger partial charge in [-0.05, 0) is 12.5 Å². The van der Waals surface area contributed by atoms with Gasteiger partial charge in [-0.1, -0.05) is 18.2 Å². The molecule has 26 heavy (non-hydrogen) atoms. The molecule has 0 unspecified atom stereocenters. The van der Waals surface area contributed by atoms with Crippen LogP contribution in [0.5, 0.6) is 0 Å². The van der Waals surface area contributed by atoms with E-state index in [1.807, 2.05) is 29.9 Å². The minimum atomic E-state index is -0.848. The summed E-state index contributed by atoms with van der Waals surface area (Å²) in [5, 5.41) is 14.7. The summed E-state index contributed by atoms with van der Waals surface area (Å²) in [4.78, 5) is 24.7. The van der Waals surface area contributed by atoms with Gasteiger partial charge < -0.3 is 9.67 Å². The highest BCUT2D eigenvalue weighted by molar-refractivity contribution is 5.97. The Bertz CT molecular complexity index is 1000. The maximum atomic E-state index is 12.3. The Labute approximate surface area is 150 Å². The SMILES string of the molecule is Cn1cc(-c2cc3n(n2)CCC(=O)N3CCCC(=O)O)c2ccccc21. The van der Waals surface area contributed by atoms with Gasteiger partial charge in [0.05, 0.1) is 12.2 Å². The molecule has 0 bridgehead atoms. The normalized spacial score (nSPS) is 14.0. The smallest absolute Gasteiger partial charge is 0.303 e. The van der Waals surface area contributed by atoms with Gasteiger partial charge in [-0.25, -0.2) is 4.68 Å². The van der Waals surface area contributed by atoms with Gasteiger partial charge in [0.25, 0.3) is 0 Å². The highest BCUT2D eigenvalue weighted by Gasteiger charge is 2.26. The Morgan fingerprint density at radius 2 is 2.12 bits per heavy atom. The molecule has 0 spiro atoms. The van der Waals surface area contributed by atoms with E-state index in [0.29, 0.717) is 25.9 Å². The van der Waals surface area contributed by atoms with Crippen molar-refractivity contribution in [2.75, 3.05) is 11.4 Å². The van der Waals surface area contributed by atoms with Gasteiger partial charge in [-0.2, -0.15) is 5.10 Å². The number of aromatic nitrogens is 3. The van der Waals surface area contributed by atoms with Crippen LogP contribution < -0.4 is 4.90 Å². The van der Waals surface area contributed by atoms with Crippen LogP contribution in [0.4, 0.5) is 5.82 Å². The highest BCUT2D eigenvalue weighted by Crippen LogP contribution is 2.33. The number of para-hydroxylation sites is 1. The summed E-state index contributed by atoms with van der Waals surface area (Å²) in [7, 11) is 2.00. The Kier molecular flexibility index (Phi) is 3.99. The molecule has 4 rings (SSSR count). The molecule has 1 aromatic carbocycles. The first-order valence-electron chi connectivity index (χ1n) is 8.69. The number of carbonyl (C=O) groups excluding carboxylic acids is 1. The van der Waals surface area contributed by atoms with Crippen molar-refractivity contribution in [3.63, 3.8) is 0 Å².